The van der Waals surface area contributed by atoms with Crippen molar-refractivity contribution in [2.45, 2.75) is 44.8 Å². The molecule has 0 radical (unpaired) electrons. The zero-order chi connectivity index (χ0) is 10.3. The molecule has 0 saturated heterocycles. The minimum absolute atomic E-state index is 0.00694. The van der Waals surface area contributed by atoms with Crippen molar-refractivity contribution in [2.24, 2.45) is 11.8 Å². The lowest BCUT2D eigenvalue weighted by atomic mass is 9.79. The van der Waals surface area contributed by atoms with Crippen LogP contribution >= 0.6 is 0 Å². The molecule has 0 heterocycles. The third-order valence-corrected chi connectivity index (χ3v) is 3.27. The molecule has 2 nitrogen and oxygen atoms in total. The Labute approximate surface area is 80.3 Å². The van der Waals surface area contributed by atoms with Crippen LogP contribution < -0.4 is 0 Å². The van der Waals surface area contributed by atoms with Crippen molar-refractivity contribution in [3.8, 4) is 0 Å². The van der Waals surface area contributed by atoms with Crippen LogP contribution in [0.2, 0.25) is 0 Å². The lowest BCUT2D eigenvalue weighted by Gasteiger charge is -2.33. The maximum absolute atomic E-state index is 10.0. The molecule has 0 aromatic rings. The number of hydrogen-bond acceptors (Lipinski definition) is 2. The monoisotopic (exact) mass is 184 g/mol. The second-order valence-electron chi connectivity index (χ2n) is 4.92. The average Bonchev–Trinajstić information content (AvgIpc) is 2.23. The standard InChI is InChI=1S/C11H20O2/c1-5-8-9(10(2,3)12)6-7-11(8,4)13/h5,8-9,12-13H,1,6-7H2,2-4H3/t8-,9+,11+/m1/s1. The minimum Gasteiger partial charge on any atom is -0.390 e. The van der Waals surface area contributed by atoms with E-state index in [1.807, 2.05) is 6.92 Å². The fourth-order valence-corrected chi connectivity index (χ4v) is 2.44. The quantitative estimate of drug-likeness (QED) is 0.641. The summed E-state index contributed by atoms with van der Waals surface area (Å²) in [6, 6.07) is 0. The van der Waals surface area contributed by atoms with Crippen LogP contribution in [0.1, 0.15) is 33.6 Å². The SMILES string of the molecule is C=C[C@@H]1[C@@H](C(C)(C)O)CC[C@]1(C)O. The van der Waals surface area contributed by atoms with E-state index in [1.54, 1.807) is 19.9 Å². The highest BCUT2D eigenvalue weighted by Crippen LogP contribution is 2.45. The first-order valence-electron chi connectivity index (χ1n) is 4.86. The number of aliphatic hydroxyl groups is 2. The first-order valence-corrected chi connectivity index (χ1v) is 4.86. The zero-order valence-electron chi connectivity index (χ0n) is 8.75. The van der Waals surface area contributed by atoms with Gasteiger partial charge in [-0.05, 0) is 39.5 Å². The summed E-state index contributed by atoms with van der Waals surface area (Å²) in [6.07, 6.45) is 3.39. The molecule has 0 bridgehead atoms. The van der Waals surface area contributed by atoms with E-state index in [2.05, 4.69) is 6.58 Å². The summed E-state index contributed by atoms with van der Waals surface area (Å²) in [5, 5.41) is 19.9. The topological polar surface area (TPSA) is 40.5 Å². The summed E-state index contributed by atoms with van der Waals surface area (Å²) >= 11 is 0. The summed E-state index contributed by atoms with van der Waals surface area (Å²) in [6.45, 7) is 9.16. The van der Waals surface area contributed by atoms with E-state index < -0.39 is 11.2 Å². The van der Waals surface area contributed by atoms with Gasteiger partial charge >= 0.3 is 0 Å². The van der Waals surface area contributed by atoms with E-state index >= 15 is 0 Å². The van der Waals surface area contributed by atoms with Gasteiger partial charge in [0.25, 0.3) is 0 Å². The Morgan fingerprint density at radius 2 is 2.08 bits per heavy atom. The predicted molar refractivity (Wildman–Crippen MR) is 53.3 cm³/mol. The van der Waals surface area contributed by atoms with Gasteiger partial charge in [0.2, 0.25) is 0 Å². The van der Waals surface area contributed by atoms with Crippen LogP contribution in [0, 0.1) is 11.8 Å². The molecule has 1 saturated carbocycles. The maximum atomic E-state index is 10.0. The highest BCUT2D eigenvalue weighted by molar-refractivity contribution is 5.06. The van der Waals surface area contributed by atoms with E-state index in [0.29, 0.717) is 0 Å². The van der Waals surface area contributed by atoms with Gasteiger partial charge in [0.15, 0.2) is 0 Å². The van der Waals surface area contributed by atoms with Gasteiger partial charge in [-0.25, -0.2) is 0 Å². The molecule has 1 rings (SSSR count). The molecule has 0 unspecified atom stereocenters. The minimum atomic E-state index is -0.723. The molecule has 1 aliphatic rings. The van der Waals surface area contributed by atoms with Crippen molar-refractivity contribution >= 4 is 0 Å². The van der Waals surface area contributed by atoms with E-state index in [4.69, 9.17) is 0 Å². The molecular weight excluding hydrogens is 164 g/mol. The Hall–Kier alpha value is -0.340. The van der Waals surface area contributed by atoms with Gasteiger partial charge in [-0.15, -0.1) is 6.58 Å². The average molecular weight is 184 g/mol. The Morgan fingerprint density at radius 3 is 2.38 bits per heavy atom. The van der Waals surface area contributed by atoms with Crippen LogP contribution in [0.25, 0.3) is 0 Å². The predicted octanol–water partition coefficient (Wildman–Crippen LogP) is 1.72. The fraction of sp³-hybridized carbons (Fsp3) is 0.818. The second-order valence-corrected chi connectivity index (χ2v) is 4.92. The van der Waals surface area contributed by atoms with Crippen molar-refractivity contribution in [2.75, 3.05) is 0 Å². The highest BCUT2D eigenvalue weighted by Gasteiger charge is 2.47. The molecule has 2 heteroatoms. The molecule has 0 spiro atoms. The summed E-state index contributed by atoms with van der Waals surface area (Å²) in [5.41, 5.74) is -1.41. The van der Waals surface area contributed by atoms with Crippen LogP contribution in [0.5, 0.6) is 0 Å². The Balaban J connectivity index is 2.87. The van der Waals surface area contributed by atoms with E-state index in [1.165, 1.54) is 0 Å². The Kier molecular flexibility index (Phi) is 2.56. The van der Waals surface area contributed by atoms with Crippen LogP contribution in [0.3, 0.4) is 0 Å². The van der Waals surface area contributed by atoms with Crippen LogP contribution in [-0.2, 0) is 0 Å². The normalized spacial score (nSPS) is 40.7. The van der Waals surface area contributed by atoms with Gasteiger partial charge in [0, 0.05) is 5.92 Å². The maximum Gasteiger partial charge on any atom is 0.0685 e. The third kappa shape index (κ3) is 1.94. The molecule has 0 amide bonds. The van der Waals surface area contributed by atoms with Crippen LogP contribution in [-0.4, -0.2) is 21.4 Å². The molecule has 13 heavy (non-hydrogen) atoms. The van der Waals surface area contributed by atoms with Crippen molar-refractivity contribution < 1.29 is 10.2 Å². The van der Waals surface area contributed by atoms with E-state index in [9.17, 15) is 10.2 Å². The van der Waals surface area contributed by atoms with Gasteiger partial charge in [-0.2, -0.15) is 0 Å². The molecule has 0 aromatic heterocycles. The lowest BCUT2D eigenvalue weighted by molar-refractivity contribution is -0.0293. The molecule has 1 fully saturated rings. The first-order chi connectivity index (χ1) is 5.79. The van der Waals surface area contributed by atoms with Crippen LogP contribution in [0.4, 0.5) is 0 Å². The molecule has 0 aliphatic heterocycles. The smallest absolute Gasteiger partial charge is 0.0685 e. The Morgan fingerprint density at radius 1 is 1.54 bits per heavy atom. The fourth-order valence-electron chi connectivity index (χ4n) is 2.44. The van der Waals surface area contributed by atoms with Gasteiger partial charge in [-0.1, -0.05) is 6.08 Å². The summed E-state index contributed by atoms with van der Waals surface area (Å²) < 4.78 is 0. The summed E-state index contributed by atoms with van der Waals surface area (Å²) in [5.74, 6) is 0.132. The number of rotatable bonds is 2. The van der Waals surface area contributed by atoms with Gasteiger partial charge in [0.05, 0.1) is 11.2 Å². The largest absolute Gasteiger partial charge is 0.390 e. The van der Waals surface area contributed by atoms with Gasteiger partial charge < -0.3 is 10.2 Å². The number of hydrogen-bond donors (Lipinski definition) is 2. The van der Waals surface area contributed by atoms with E-state index in [-0.39, 0.29) is 11.8 Å². The molecule has 1 aliphatic carbocycles. The second kappa shape index (κ2) is 3.10. The Bertz CT molecular complexity index is 201. The molecule has 2 N–H and O–H groups in total. The molecule has 3 atom stereocenters. The van der Waals surface area contributed by atoms with Crippen molar-refractivity contribution in [3.05, 3.63) is 12.7 Å². The molecule has 76 valence electrons. The lowest BCUT2D eigenvalue weighted by Crippen LogP contribution is -2.39. The van der Waals surface area contributed by atoms with Crippen molar-refractivity contribution in [3.63, 3.8) is 0 Å². The highest BCUT2D eigenvalue weighted by atomic mass is 16.3. The van der Waals surface area contributed by atoms with Crippen molar-refractivity contribution in [1.82, 2.24) is 0 Å². The van der Waals surface area contributed by atoms with Gasteiger partial charge in [-0.3, -0.25) is 0 Å². The molecule has 0 aromatic carbocycles. The first kappa shape index (κ1) is 10.7. The third-order valence-electron chi connectivity index (χ3n) is 3.27. The summed E-state index contributed by atoms with van der Waals surface area (Å²) in [7, 11) is 0. The molecular formula is C11H20O2. The van der Waals surface area contributed by atoms with Crippen molar-refractivity contribution in [1.29, 1.82) is 0 Å². The van der Waals surface area contributed by atoms with E-state index in [0.717, 1.165) is 12.8 Å². The van der Waals surface area contributed by atoms with Gasteiger partial charge in [0.1, 0.15) is 0 Å². The van der Waals surface area contributed by atoms with Crippen LogP contribution in [0.15, 0.2) is 12.7 Å². The zero-order valence-corrected chi connectivity index (χ0v) is 8.75. The summed E-state index contributed by atoms with van der Waals surface area (Å²) in [4.78, 5) is 0.